The number of carbonyl (C=O) groups is 2. The normalized spacial score (nSPS) is 10.7. The molecule has 2 aromatic carbocycles. The molecule has 3 rings (SSSR count). The molecule has 7 heteroatoms. The molecule has 138 valence electrons. The van der Waals surface area contributed by atoms with Crippen molar-refractivity contribution in [2.45, 2.75) is 0 Å². The van der Waals surface area contributed by atoms with Gasteiger partial charge in [-0.2, -0.15) is 0 Å². The predicted octanol–water partition coefficient (Wildman–Crippen LogP) is 4.67. The van der Waals surface area contributed by atoms with Crippen LogP contribution in [-0.4, -0.2) is 42.5 Å². The van der Waals surface area contributed by atoms with Crippen molar-refractivity contribution in [1.29, 1.82) is 0 Å². The number of ether oxygens (including phenoxy) is 1. The lowest BCUT2D eigenvalue weighted by atomic mass is 10.0. The lowest BCUT2D eigenvalue weighted by Crippen LogP contribution is -2.27. The van der Waals surface area contributed by atoms with E-state index in [4.69, 9.17) is 9.72 Å². The number of benzene rings is 2. The number of fused-ring (bicyclic) bond motifs is 1. The van der Waals surface area contributed by atoms with Crippen molar-refractivity contribution in [3.63, 3.8) is 0 Å². The second kappa shape index (κ2) is 8.19. The Morgan fingerprint density at radius 2 is 1.78 bits per heavy atom. The molecule has 0 unspecified atom stereocenters. The van der Waals surface area contributed by atoms with Gasteiger partial charge >= 0.3 is 5.97 Å². The number of pyridine rings is 1. The Bertz CT molecular complexity index is 1020. The number of nitrogens with zero attached hydrogens (tertiary/aromatic N) is 2. The minimum Gasteiger partial charge on any atom is -0.452 e. The van der Waals surface area contributed by atoms with Gasteiger partial charge in [0, 0.05) is 34.0 Å². The summed E-state index contributed by atoms with van der Waals surface area (Å²) >= 11 is 6.95. The largest absolute Gasteiger partial charge is 0.452 e. The van der Waals surface area contributed by atoms with E-state index in [0.29, 0.717) is 22.2 Å². The minimum atomic E-state index is -0.570. The van der Waals surface area contributed by atoms with E-state index < -0.39 is 5.97 Å². The molecule has 0 aliphatic heterocycles. The van der Waals surface area contributed by atoms with Gasteiger partial charge in [0.05, 0.1) is 16.8 Å². The van der Waals surface area contributed by atoms with Crippen molar-refractivity contribution in [3.05, 3.63) is 63.0 Å². The highest BCUT2D eigenvalue weighted by Gasteiger charge is 2.19. The zero-order valence-corrected chi connectivity index (χ0v) is 17.9. The summed E-state index contributed by atoms with van der Waals surface area (Å²) in [6, 6.07) is 15.0. The van der Waals surface area contributed by atoms with Crippen molar-refractivity contribution < 1.29 is 14.3 Å². The average molecular weight is 492 g/mol. The molecular weight excluding hydrogens is 476 g/mol. The summed E-state index contributed by atoms with van der Waals surface area (Å²) in [6.07, 6.45) is 0. The zero-order chi connectivity index (χ0) is 19.6. The molecule has 1 aromatic heterocycles. The molecule has 27 heavy (non-hydrogen) atoms. The number of carbonyl (C=O) groups excluding carboxylic acids is 2. The Morgan fingerprint density at radius 1 is 1.07 bits per heavy atom. The highest BCUT2D eigenvalue weighted by Crippen LogP contribution is 2.32. The maximum atomic E-state index is 12.7. The van der Waals surface area contributed by atoms with E-state index in [1.54, 1.807) is 20.2 Å². The lowest BCUT2D eigenvalue weighted by Gasteiger charge is -2.13. The van der Waals surface area contributed by atoms with Gasteiger partial charge in [0.2, 0.25) is 0 Å². The molecule has 1 amide bonds. The van der Waals surface area contributed by atoms with E-state index >= 15 is 0 Å². The second-order valence-electron chi connectivity index (χ2n) is 6.07. The Morgan fingerprint density at radius 3 is 2.44 bits per heavy atom. The minimum absolute atomic E-state index is 0.285. The molecular formula is C20H16Br2N2O3. The van der Waals surface area contributed by atoms with Crippen molar-refractivity contribution in [2.24, 2.45) is 0 Å². The smallest absolute Gasteiger partial charge is 0.339 e. The molecule has 0 spiro atoms. The standard InChI is InChI=1S/C20H16Br2N2O3/c1-24(2)18(25)11-27-20(26)15-10-17(12-6-4-3-5-7-12)23-19-14(15)8-13(21)9-16(19)22/h3-10H,11H2,1-2H3. The number of esters is 1. The number of aromatic nitrogens is 1. The number of hydrogen-bond donors (Lipinski definition) is 0. The van der Waals surface area contributed by atoms with Crippen molar-refractivity contribution in [3.8, 4) is 11.3 Å². The zero-order valence-electron chi connectivity index (χ0n) is 14.7. The van der Waals surface area contributed by atoms with Crippen LogP contribution in [0, 0.1) is 0 Å². The third-order valence-corrected chi connectivity index (χ3v) is 5.01. The fourth-order valence-electron chi connectivity index (χ4n) is 2.51. The number of hydrogen-bond acceptors (Lipinski definition) is 4. The number of rotatable bonds is 4. The number of likely N-dealkylation sites (N-methyl/N-ethyl adjacent to an activating group) is 1. The second-order valence-corrected chi connectivity index (χ2v) is 7.84. The van der Waals surface area contributed by atoms with Gasteiger partial charge in [-0.25, -0.2) is 9.78 Å². The van der Waals surface area contributed by atoms with E-state index in [2.05, 4.69) is 31.9 Å². The van der Waals surface area contributed by atoms with Gasteiger partial charge in [-0.15, -0.1) is 0 Å². The third kappa shape index (κ3) is 4.36. The number of halogens is 2. The molecule has 1 heterocycles. The van der Waals surface area contributed by atoms with Crippen LogP contribution in [0.5, 0.6) is 0 Å². The topological polar surface area (TPSA) is 59.5 Å². The molecule has 0 radical (unpaired) electrons. The first-order valence-electron chi connectivity index (χ1n) is 8.09. The molecule has 0 aliphatic carbocycles. The summed E-state index contributed by atoms with van der Waals surface area (Å²) in [5, 5.41) is 0.637. The molecule has 3 aromatic rings. The van der Waals surface area contributed by atoms with Crippen LogP contribution < -0.4 is 0 Å². The SMILES string of the molecule is CN(C)C(=O)COC(=O)c1cc(-c2ccccc2)nc2c(Br)cc(Br)cc12. The molecule has 0 bridgehead atoms. The quantitative estimate of drug-likeness (QED) is 0.497. The van der Waals surface area contributed by atoms with E-state index in [-0.39, 0.29) is 12.5 Å². The molecule has 5 nitrogen and oxygen atoms in total. The predicted molar refractivity (Wildman–Crippen MR) is 112 cm³/mol. The molecule has 0 saturated carbocycles. The van der Waals surface area contributed by atoms with Gasteiger partial charge in [-0.1, -0.05) is 46.3 Å². The van der Waals surface area contributed by atoms with Gasteiger partial charge in [-0.3, -0.25) is 4.79 Å². The van der Waals surface area contributed by atoms with Gasteiger partial charge in [0.15, 0.2) is 6.61 Å². The Hall–Kier alpha value is -2.25. The third-order valence-electron chi connectivity index (χ3n) is 3.95. The van der Waals surface area contributed by atoms with E-state index in [1.165, 1.54) is 4.90 Å². The van der Waals surface area contributed by atoms with Crippen LogP contribution in [0.3, 0.4) is 0 Å². The first-order valence-corrected chi connectivity index (χ1v) is 9.68. The summed E-state index contributed by atoms with van der Waals surface area (Å²) in [5.74, 6) is -0.855. The lowest BCUT2D eigenvalue weighted by molar-refractivity contribution is -0.131. The monoisotopic (exact) mass is 490 g/mol. The number of amides is 1. The van der Waals surface area contributed by atoms with Crippen LogP contribution in [0.15, 0.2) is 57.5 Å². The maximum absolute atomic E-state index is 12.7. The highest BCUT2D eigenvalue weighted by atomic mass is 79.9. The average Bonchev–Trinajstić information content (AvgIpc) is 2.65. The van der Waals surface area contributed by atoms with Crippen LogP contribution in [0.2, 0.25) is 0 Å². The summed E-state index contributed by atoms with van der Waals surface area (Å²) < 4.78 is 6.79. The van der Waals surface area contributed by atoms with Crippen molar-refractivity contribution in [1.82, 2.24) is 9.88 Å². The van der Waals surface area contributed by atoms with Gasteiger partial charge in [-0.05, 0) is 34.1 Å². The molecule has 0 saturated heterocycles. The molecule has 0 fully saturated rings. The fraction of sp³-hybridized carbons (Fsp3) is 0.150. The van der Waals surface area contributed by atoms with Crippen LogP contribution >= 0.6 is 31.9 Å². The van der Waals surface area contributed by atoms with Crippen LogP contribution in [0.4, 0.5) is 0 Å². The molecule has 0 atom stereocenters. The van der Waals surface area contributed by atoms with Gasteiger partial charge in [0.1, 0.15) is 0 Å². The Labute approximate surface area is 173 Å². The highest BCUT2D eigenvalue weighted by molar-refractivity contribution is 9.11. The molecule has 0 aliphatic rings. The van der Waals surface area contributed by atoms with Crippen molar-refractivity contribution >= 4 is 54.6 Å². The maximum Gasteiger partial charge on any atom is 0.339 e. The summed E-state index contributed by atoms with van der Waals surface area (Å²) in [7, 11) is 3.22. The summed E-state index contributed by atoms with van der Waals surface area (Å²) in [5.41, 5.74) is 2.53. The fourth-order valence-corrected chi connectivity index (χ4v) is 3.83. The van der Waals surface area contributed by atoms with E-state index in [1.807, 2.05) is 42.5 Å². The van der Waals surface area contributed by atoms with E-state index in [9.17, 15) is 9.59 Å². The van der Waals surface area contributed by atoms with E-state index in [0.717, 1.165) is 14.5 Å². The van der Waals surface area contributed by atoms with Gasteiger partial charge in [0.25, 0.3) is 5.91 Å². The van der Waals surface area contributed by atoms with Crippen LogP contribution in [-0.2, 0) is 9.53 Å². The Kier molecular flexibility index (Phi) is 5.92. The summed E-state index contributed by atoms with van der Waals surface area (Å²) in [6.45, 7) is -0.314. The van der Waals surface area contributed by atoms with Crippen LogP contribution in [0.25, 0.3) is 22.2 Å². The molecule has 0 N–H and O–H groups in total. The Balaban J connectivity index is 2.11. The van der Waals surface area contributed by atoms with Crippen LogP contribution in [0.1, 0.15) is 10.4 Å². The first-order chi connectivity index (χ1) is 12.9. The summed E-state index contributed by atoms with van der Waals surface area (Å²) in [4.78, 5) is 30.6. The van der Waals surface area contributed by atoms with Crippen molar-refractivity contribution in [2.75, 3.05) is 20.7 Å². The van der Waals surface area contributed by atoms with Gasteiger partial charge < -0.3 is 9.64 Å². The first kappa shape index (κ1) is 19.5.